The van der Waals surface area contributed by atoms with Crippen LogP contribution in [0.5, 0.6) is 0 Å². The fourth-order valence-corrected chi connectivity index (χ4v) is 1.47. The van der Waals surface area contributed by atoms with Crippen LogP contribution in [-0.4, -0.2) is 33.2 Å². The maximum atomic E-state index is 11.2. The van der Waals surface area contributed by atoms with E-state index in [4.69, 9.17) is 5.11 Å². The molecule has 92 valence electrons. The molecule has 0 bridgehead atoms. The summed E-state index contributed by atoms with van der Waals surface area (Å²) in [6.45, 7) is 1.72. The molecule has 1 rings (SSSR count). The highest BCUT2D eigenvalue weighted by Gasteiger charge is 2.11. The van der Waals surface area contributed by atoms with E-state index in [2.05, 4.69) is 15.5 Å². The molecule has 1 aromatic rings. The van der Waals surface area contributed by atoms with Gasteiger partial charge >= 0.3 is 12.0 Å². The number of urea groups is 1. The van der Waals surface area contributed by atoms with E-state index in [1.165, 1.54) is 0 Å². The van der Waals surface area contributed by atoms with E-state index in [-0.39, 0.29) is 18.0 Å². The number of carbonyl (C=O) groups is 3. The van der Waals surface area contributed by atoms with Crippen molar-refractivity contribution in [2.75, 3.05) is 5.32 Å². The van der Waals surface area contributed by atoms with Gasteiger partial charge in [0.05, 0.1) is 6.42 Å². The van der Waals surface area contributed by atoms with Crippen LogP contribution in [-0.2, 0) is 9.59 Å². The summed E-state index contributed by atoms with van der Waals surface area (Å²) in [5, 5.41) is 20.9. The molecule has 0 fully saturated rings. The monoisotopic (exact) mass is 258 g/mol. The zero-order valence-electron chi connectivity index (χ0n) is 8.89. The lowest BCUT2D eigenvalue weighted by atomic mass is 10.3. The lowest BCUT2D eigenvalue weighted by Crippen LogP contribution is -2.34. The third-order valence-corrected chi connectivity index (χ3v) is 2.32. The molecule has 0 radical (unpaired) electrons. The minimum Gasteiger partial charge on any atom is -0.481 e. The highest BCUT2D eigenvalue weighted by molar-refractivity contribution is 7.15. The van der Waals surface area contributed by atoms with Crippen LogP contribution in [0.15, 0.2) is 0 Å². The first kappa shape index (κ1) is 13.0. The number of carboxylic acids is 1. The molecule has 0 saturated carbocycles. The van der Waals surface area contributed by atoms with Crippen LogP contribution in [0.2, 0.25) is 0 Å². The van der Waals surface area contributed by atoms with Gasteiger partial charge in [-0.3, -0.25) is 20.2 Å². The van der Waals surface area contributed by atoms with Crippen molar-refractivity contribution in [3.8, 4) is 0 Å². The summed E-state index contributed by atoms with van der Waals surface area (Å²) in [6.07, 6.45) is -0.574. The number of carboxylic acid groups (broad SMARTS) is 1. The summed E-state index contributed by atoms with van der Waals surface area (Å²) in [4.78, 5) is 32.5. The first-order chi connectivity index (χ1) is 7.97. The van der Waals surface area contributed by atoms with Crippen molar-refractivity contribution < 1.29 is 19.5 Å². The van der Waals surface area contributed by atoms with Gasteiger partial charge in [-0.15, -0.1) is 10.2 Å². The molecule has 3 amide bonds. The van der Waals surface area contributed by atoms with Crippen molar-refractivity contribution in [1.82, 2.24) is 15.5 Å². The van der Waals surface area contributed by atoms with Crippen LogP contribution in [0, 0.1) is 6.92 Å². The van der Waals surface area contributed by atoms with E-state index in [1.54, 1.807) is 6.92 Å². The Kier molecular flexibility index (Phi) is 4.52. The highest BCUT2D eigenvalue weighted by atomic mass is 32.1. The predicted molar refractivity (Wildman–Crippen MR) is 58.7 cm³/mol. The second-order valence-corrected chi connectivity index (χ2v) is 4.20. The largest absolute Gasteiger partial charge is 0.481 e. The Morgan fingerprint density at radius 1 is 1.29 bits per heavy atom. The molecule has 0 unspecified atom stereocenters. The Morgan fingerprint density at radius 2 is 2.00 bits per heavy atom. The van der Waals surface area contributed by atoms with Gasteiger partial charge in [0.1, 0.15) is 5.01 Å². The van der Waals surface area contributed by atoms with Gasteiger partial charge in [-0.2, -0.15) is 0 Å². The van der Waals surface area contributed by atoms with Gasteiger partial charge in [-0.05, 0) is 6.92 Å². The topological polar surface area (TPSA) is 121 Å². The molecule has 1 aromatic heterocycles. The maximum absolute atomic E-state index is 11.2. The van der Waals surface area contributed by atoms with Crippen LogP contribution in [0.4, 0.5) is 9.93 Å². The Hall–Kier alpha value is -2.03. The van der Waals surface area contributed by atoms with Gasteiger partial charge in [-0.25, -0.2) is 4.79 Å². The first-order valence-corrected chi connectivity index (χ1v) is 5.42. The quantitative estimate of drug-likeness (QED) is 0.716. The molecular formula is C8H10N4O4S. The van der Waals surface area contributed by atoms with Gasteiger partial charge in [0, 0.05) is 6.42 Å². The predicted octanol–water partition coefficient (Wildman–Crippen LogP) is 0.359. The third-order valence-electron chi connectivity index (χ3n) is 1.57. The Labute approximate surface area is 100 Å². The molecule has 3 N–H and O–H groups in total. The summed E-state index contributed by atoms with van der Waals surface area (Å²) in [7, 11) is 0. The molecule has 8 nitrogen and oxygen atoms in total. The smallest absolute Gasteiger partial charge is 0.327 e. The second kappa shape index (κ2) is 5.89. The van der Waals surface area contributed by atoms with E-state index in [1.807, 2.05) is 5.32 Å². The lowest BCUT2D eigenvalue weighted by Gasteiger charge is -2.02. The molecule has 0 atom stereocenters. The molecule has 0 spiro atoms. The Bertz CT molecular complexity index is 444. The van der Waals surface area contributed by atoms with E-state index in [0.717, 1.165) is 11.3 Å². The molecule has 9 heteroatoms. The van der Waals surface area contributed by atoms with Crippen molar-refractivity contribution in [1.29, 1.82) is 0 Å². The summed E-state index contributed by atoms with van der Waals surface area (Å²) >= 11 is 1.16. The SMILES string of the molecule is Cc1nnc(NC(=O)NC(=O)CCC(=O)O)s1. The van der Waals surface area contributed by atoms with Crippen molar-refractivity contribution >= 4 is 34.4 Å². The lowest BCUT2D eigenvalue weighted by molar-refractivity contribution is -0.138. The van der Waals surface area contributed by atoms with E-state index < -0.39 is 17.9 Å². The summed E-state index contributed by atoms with van der Waals surface area (Å²) in [6, 6.07) is -0.753. The number of aliphatic carboxylic acids is 1. The van der Waals surface area contributed by atoms with Crippen LogP contribution in [0.25, 0.3) is 0 Å². The number of rotatable bonds is 4. The number of imide groups is 1. The first-order valence-electron chi connectivity index (χ1n) is 4.60. The van der Waals surface area contributed by atoms with Crippen LogP contribution < -0.4 is 10.6 Å². The molecule has 0 saturated heterocycles. The second-order valence-electron chi connectivity index (χ2n) is 3.02. The average molecular weight is 258 g/mol. The number of aromatic nitrogens is 2. The molecule has 0 aliphatic heterocycles. The standard InChI is InChI=1S/C8H10N4O4S/c1-4-11-12-8(17-4)10-7(16)9-5(13)2-3-6(14)15/h2-3H2,1H3,(H,14,15)(H2,9,10,12,13,16). The van der Waals surface area contributed by atoms with Crippen molar-refractivity contribution in [3.63, 3.8) is 0 Å². The number of hydrogen-bond donors (Lipinski definition) is 3. The van der Waals surface area contributed by atoms with Crippen LogP contribution >= 0.6 is 11.3 Å². The normalized spacial score (nSPS) is 9.71. The van der Waals surface area contributed by atoms with E-state index >= 15 is 0 Å². The molecule has 1 heterocycles. The zero-order valence-corrected chi connectivity index (χ0v) is 9.71. The van der Waals surface area contributed by atoms with E-state index in [9.17, 15) is 14.4 Å². The maximum Gasteiger partial charge on any atom is 0.327 e. The number of aryl methyl sites for hydroxylation is 1. The van der Waals surface area contributed by atoms with Crippen LogP contribution in [0.3, 0.4) is 0 Å². The summed E-state index contributed by atoms with van der Waals surface area (Å²) < 4.78 is 0. The fourth-order valence-electron chi connectivity index (χ4n) is 0.885. The number of amides is 3. The Balaban J connectivity index is 2.34. The fraction of sp³-hybridized carbons (Fsp3) is 0.375. The molecule has 0 aliphatic rings. The van der Waals surface area contributed by atoms with Crippen LogP contribution in [0.1, 0.15) is 17.8 Å². The molecular weight excluding hydrogens is 248 g/mol. The summed E-state index contributed by atoms with van der Waals surface area (Å²) in [5.41, 5.74) is 0. The molecule has 0 aliphatic carbocycles. The minimum absolute atomic E-state index is 0.252. The van der Waals surface area contributed by atoms with E-state index in [0.29, 0.717) is 5.01 Å². The molecule has 17 heavy (non-hydrogen) atoms. The number of nitrogens with one attached hydrogen (secondary N) is 2. The molecule has 0 aromatic carbocycles. The van der Waals surface area contributed by atoms with Crippen molar-refractivity contribution in [3.05, 3.63) is 5.01 Å². The number of anilines is 1. The third kappa shape index (κ3) is 5.02. The zero-order chi connectivity index (χ0) is 12.8. The number of nitrogens with zero attached hydrogens (tertiary/aromatic N) is 2. The van der Waals surface area contributed by atoms with Gasteiger partial charge < -0.3 is 5.11 Å². The summed E-state index contributed by atoms with van der Waals surface area (Å²) in [5.74, 6) is -1.76. The van der Waals surface area contributed by atoms with Crippen molar-refractivity contribution in [2.24, 2.45) is 0 Å². The minimum atomic E-state index is -1.10. The van der Waals surface area contributed by atoms with Gasteiger partial charge in [0.25, 0.3) is 0 Å². The van der Waals surface area contributed by atoms with Gasteiger partial charge in [-0.1, -0.05) is 11.3 Å². The average Bonchev–Trinajstić information content (AvgIpc) is 2.60. The van der Waals surface area contributed by atoms with Crippen molar-refractivity contribution in [2.45, 2.75) is 19.8 Å². The van der Waals surface area contributed by atoms with Gasteiger partial charge in [0.15, 0.2) is 0 Å². The van der Waals surface area contributed by atoms with Gasteiger partial charge in [0.2, 0.25) is 11.0 Å². The number of carbonyl (C=O) groups excluding carboxylic acids is 2. The highest BCUT2D eigenvalue weighted by Crippen LogP contribution is 2.12. The number of hydrogen-bond acceptors (Lipinski definition) is 6. The Morgan fingerprint density at radius 3 is 2.53 bits per heavy atom.